The summed E-state index contributed by atoms with van der Waals surface area (Å²) in [6.07, 6.45) is 0. The summed E-state index contributed by atoms with van der Waals surface area (Å²) in [7, 11) is -3.65. The lowest BCUT2D eigenvalue weighted by Crippen LogP contribution is -2.73. The third-order valence-electron chi connectivity index (χ3n) is 3.05. The molecule has 0 spiro atoms. The number of anilines is 1. The molecule has 1 aromatic heterocycles. The molecule has 5 N–H and O–H groups in total. The van der Waals surface area contributed by atoms with Crippen molar-refractivity contribution in [1.29, 1.82) is 0 Å². The minimum absolute atomic E-state index is 0.0753. The largest absolute Gasteiger partial charge is 0.398 e. The lowest BCUT2D eigenvalue weighted by molar-refractivity contribution is -0.146. The topological polar surface area (TPSA) is 185 Å². The van der Waals surface area contributed by atoms with E-state index in [0.29, 0.717) is 0 Å². The average Bonchev–Trinajstić information content (AvgIpc) is 2.91. The van der Waals surface area contributed by atoms with Crippen LogP contribution in [0.3, 0.4) is 0 Å². The van der Waals surface area contributed by atoms with Gasteiger partial charge in [0.1, 0.15) is 24.9 Å². The Morgan fingerprint density at radius 3 is 2.75 bits per heavy atom. The Morgan fingerprint density at radius 2 is 2.29 bits per heavy atom. The number of nitrogen functional groups attached to an aromatic ring is 1. The zero-order valence-electron chi connectivity index (χ0n) is 12.1. The quantitative estimate of drug-likeness (QED) is 0.180. The molecule has 1 saturated heterocycles. The van der Waals surface area contributed by atoms with E-state index < -0.39 is 40.8 Å². The van der Waals surface area contributed by atoms with E-state index in [1.165, 1.54) is 12.5 Å². The summed E-state index contributed by atoms with van der Waals surface area (Å²) in [5.41, 5.74) is 5.28. The number of nitrogens with two attached hydrogens (primary N) is 1. The Morgan fingerprint density at radius 1 is 1.62 bits per heavy atom. The van der Waals surface area contributed by atoms with Crippen LogP contribution in [0.1, 0.15) is 5.69 Å². The number of aliphatic hydroxyl groups excluding tert-OH is 1. The third kappa shape index (κ3) is 3.30. The molecule has 1 aliphatic rings. The SMILES string of the molecule is CO/N=C(\C(=O)NC1C(=O)N(S(=O)(=O)O)C1CO)c1csc(N)n1. The van der Waals surface area contributed by atoms with Gasteiger partial charge in [0.15, 0.2) is 10.8 Å². The molecule has 2 atom stereocenters. The van der Waals surface area contributed by atoms with Gasteiger partial charge in [0.25, 0.3) is 11.8 Å². The Kier molecular flexibility index (Phi) is 5.02. The van der Waals surface area contributed by atoms with E-state index in [0.717, 1.165) is 11.3 Å². The van der Waals surface area contributed by atoms with Crippen molar-refractivity contribution >= 4 is 44.3 Å². The van der Waals surface area contributed by atoms with Crippen LogP contribution in [-0.2, 0) is 24.7 Å². The fourth-order valence-electron chi connectivity index (χ4n) is 2.04. The Bertz CT molecular complexity index is 789. The highest BCUT2D eigenvalue weighted by Gasteiger charge is 2.53. The molecule has 1 fully saturated rings. The molecule has 2 amide bonds. The van der Waals surface area contributed by atoms with Crippen molar-refractivity contribution in [2.45, 2.75) is 12.1 Å². The molecule has 0 aromatic carbocycles. The predicted octanol–water partition coefficient (Wildman–Crippen LogP) is -2.43. The van der Waals surface area contributed by atoms with Crippen molar-refractivity contribution < 1.29 is 32.5 Å². The highest BCUT2D eigenvalue weighted by Crippen LogP contribution is 2.23. The molecule has 0 bridgehead atoms. The lowest BCUT2D eigenvalue weighted by Gasteiger charge is -2.43. The van der Waals surface area contributed by atoms with Crippen LogP contribution >= 0.6 is 11.3 Å². The monoisotopic (exact) mass is 379 g/mol. The minimum atomic E-state index is -4.83. The first-order chi connectivity index (χ1) is 11.2. The molecule has 12 nitrogen and oxygen atoms in total. The third-order valence-corrected chi connectivity index (χ3v) is 4.68. The molecular formula is C10H13N5O7S2. The van der Waals surface area contributed by atoms with Gasteiger partial charge in [-0.3, -0.25) is 14.1 Å². The highest BCUT2D eigenvalue weighted by molar-refractivity contribution is 7.84. The number of nitrogens with zero attached hydrogens (tertiary/aromatic N) is 3. The summed E-state index contributed by atoms with van der Waals surface area (Å²) in [6, 6.07) is -2.69. The Balaban J connectivity index is 2.19. The second-order valence-corrected chi connectivity index (χ2v) is 6.69. The number of aromatic nitrogens is 1. The number of oxime groups is 1. The van der Waals surface area contributed by atoms with Gasteiger partial charge in [-0.15, -0.1) is 11.3 Å². The van der Waals surface area contributed by atoms with Crippen molar-refractivity contribution in [3.05, 3.63) is 11.1 Å². The van der Waals surface area contributed by atoms with E-state index in [9.17, 15) is 23.1 Å². The fraction of sp³-hybridized carbons (Fsp3) is 0.400. The molecule has 24 heavy (non-hydrogen) atoms. The first-order valence-electron chi connectivity index (χ1n) is 6.25. The minimum Gasteiger partial charge on any atom is -0.398 e. The summed E-state index contributed by atoms with van der Waals surface area (Å²) in [5, 5.41) is 16.5. The van der Waals surface area contributed by atoms with E-state index >= 15 is 0 Å². The lowest BCUT2D eigenvalue weighted by atomic mass is 9.99. The van der Waals surface area contributed by atoms with Crippen LogP contribution in [0.25, 0.3) is 0 Å². The van der Waals surface area contributed by atoms with E-state index in [4.69, 9.17) is 10.3 Å². The van der Waals surface area contributed by atoms with Crippen molar-refractivity contribution in [2.75, 3.05) is 19.5 Å². The smallest absolute Gasteiger partial charge is 0.362 e. The van der Waals surface area contributed by atoms with Gasteiger partial charge in [-0.25, -0.2) is 9.29 Å². The zero-order valence-corrected chi connectivity index (χ0v) is 13.7. The number of nitrogens with one attached hydrogen (secondary N) is 1. The molecule has 132 valence electrons. The maximum atomic E-state index is 12.2. The van der Waals surface area contributed by atoms with Crippen LogP contribution in [0.15, 0.2) is 10.5 Å². The summed E-state index contributed by atoms with van der Waals surface area (Å²) in [4.78, 5) is 32.4. The van der Waals surface area contributed by atoms with Gasteiger partial charge >= 0.3 is 10.3 Å². The second-order valence-electron chi connectivity index (χ2n) is 4.51. The number of hydrogen-bond donors (Lipinski definition) is 4. The van der Waals surface area contributed by atoms with Crippen LogP contribution < -0.4 is 11.1 Å². The number of amides is 2. The fourth-order valence-corrected chi connectivity index (χ4v) is 3.46. The van der Waals surface area contributed by atoms with Gasteiger partial charge in [0, 0.05) is 5.38 Å². The van der Waals surface area contributed by atoms with Gasteiger partial charge in [0.05, 0.1) is 6.61 Å². The number of aliphatic hydroxyl groups is 1. The molecule has 2 unspecified atom stereocenters. The van der Waals surface area contributed by atoms with Crippen LogP contribution in [-0.4, -0.2) is 70.7 Å². The molecule has 14 heteroatoms. The van der Waals surface area contributed by atoms with Crippen molar-refractivity contribution in [1.82, 2.24) is 14.6 Å². The second kappa shape index (κ2) is 6.68. The molecule has 2 heterocycles. The van der Waals surface area contributed by atoms with E-state index in [1.807, 2.05) is 0 Å². The van der Waals surface area contributed by atoms with Crippen molar-refractivity contribution in [3.8, 4) is 0 Å². The molecular weight excluding hydrogens is 366 g/mol. The summed E-state index contributed by atoms with van der Waals surface area (Å²) in [6.45, 7) is -0.795. The van der Waals surface area contributed by atoms with Gasteiger partial charge in [-0.05, 0) is 0 Å². The van der Waals surface area contributed by atoms with Gasteiger partial charge in [0.2, 0.25) is 0 Å². The summed E-state index contributed by atoms with van der Waals surface area (Å²) < 4.78 is 31.1. The standard InChI is InChI=1S/C10H13N5O7S2/c1-22-14-6(4-3-23-10(11)12-4)8(17)13-7-5(2-16)15(9(7)18)24(19,20)21/h3,5,7,16H,2H2,1H3,(H2,11,12)(H,13,17)(H,19,20,21)/b14-6-. The molecule has 0 saturated carbocycles. The van der Waals surface area contributed by atoms with Crippen LogP contribution in [0.2, 0.25) is 0 Å². The van der Waals surface area contributed by atoms with Crippen molar-refractivity contribution in [3.63, 3.8) is 0 Å². The van der Waals surface area contributed by atoms with Gasteiger partial charge in [-0.1, -0.05) is 5.16 Å². The first kappa shape index (κ1) is 18.1. The number of thiazole rings is 1. The number of carbonyl (C=O) groups excluding carboxylic acids is 2. The number of rotatable bonds is 6. The maximum absolute atomic E-state index is 12.2. The van der Waals surface area contributed by atoms with E-state index in [-0.39, 0.29) is 20.8 Å². The molecule has 0 radical (unpaired) electrons. The van der Waals surface area contributed by atoms with Crippen molar-refractivity contribution in [2.24, 2.45) is 5.16 Å². The van der Waals surface area contributed by atoms with E-state index in [1.54, 1.807) is 0 Å². The summed E-state index contributed by atoms with van der Waals surface area (Å²) in [5.74, 6) is -1.99. The zero-order chi connectivity index (χ0) is 18.1. The molecule has 2 rings (SSSR count). The molecule has 1 aliphatic heterocycles. The van der Waals surface area contributed by atoms with Gasteiger partial charge < -0.3 is 21.0 Å². The Hall–Kier alpha value is -2.29. The Labute approximate surface area is 139 Å². The van der Waals surface area contributed by atoms with Gasteiger partial charge in [-0.2, -0.15) is 8.42 Å². The maximum Gasteiger partial charge on any atom is 0.362 e. The van der Waals surface area contributed by atoms with E-state index in [2.05, 4.69) is 20.3 Å². The van der Waals surface area contributed by atoms with Crippen LogP contribution in [0, 0.1) is 0 Å². The highest BCUT2D eigenvalue weighted by atomic mass is 32.2. The van der Waals surface area contributed by atoms with Crippen LogP contribution in [0.4, 0.5) is 5.13 Å². The molecule has 1 aromatic rings. The molecule has 0 aliphatic carbocycles. The summed E-state index contributed by atoms with van der Waals surface area (Å²) >= 11 is 1.05. The number of carbonyl (C=O) groups is 2. The first-order valence-corrected chi connectivity index (χ1v) is 8.53. The average molecular weight is 379 g/mol. The number of β-lactam (4-membered cyclic amide) rings is 1. The van der Waals surface area contributed by atoms with Crippen LogP contribution in [0.5, 0.6) is 0 Å². The predicted molar refractivity (Wildman–Crippen MR) is 81.3 cm³/mol. The normalized spacial score (nSPS) is 21.4. The number of hydrogen-bond acceptors (Lipinski definition) is 10.